The Bertz CT molecular complexity index is 523. The molecule has 1 fully saturated rings. The number of likely N-dealkylation sites (N-methyl/N-ethyl adjacent to an activating group) is 1. The molecule has 1 aromatic rings. The van der Waals surface area contributed by atoms with E-state index >= 15 is 0 Å². The molecule has 1 saturated carbocycles. The predicted molar refractivity (Wildman–Crippen MR) is 83.1 cm³/mol. The zero-order valence-electron chi connectivity index (χ0n) is 12.7. The molecule has 0 aromatic heterocycles. The summed E-state index contributed by atoms with van der Waals surface area (Å²) in [5.74, 6) is -0.973. The highest BCUT2D eigenvalue weighted by atomic mass is 79.9. The van der Waals surface area contributed by atoms with E-state index in [2.05, 4.69) is 22.9 Å². The van der Waals surface area contributed by atoms with Crippen molar-refractivity contribution in [2.24, 2.45) is 5.92 Å². The van der Waals surface area contributed by atoms with Gasteiger partial charge in [0, 0.05) is 0 Å². The third-order valence-electron chi connectivity index (χ3n) is 4.76. The van der Waals surface area contributed by atoms with E-state index in [1.165, 1.54) is 12.1 Å². The van der Waals surface area contributed by atoms with Crippen LogP contribution in [0.25, 0.3) is 0 Å². The lowest BCUT2D eigenvalue weighted by atomic mass is 9.70. The number of halogens is 3. The zero-order chi connectivity index (χ0) is 15.8. The Balaban J connectivity index is 2.49. The van der Waals surface area contributed by atoms with Gasteiger partial charge in [-0.05, 0) is 60.9 Å². The molecule has 1 aliphatic carbocycles. The minimum Gasteiger partial charge on any atom is -0.386 e. The zero-order valence-corrected chi connectivity index (χ0v) is 14.3. The highest BCUT2D eigenvalue weighted by Gasteiger charge is 2.45. The SMILES string of the molecule is CC1CCCC(C(O)c2c(F)ccc(Br)c2F)(N(C)C)C1. The normalized spacial score (nSPS) is 27.9. The molecule has 0 spiro atoms. The van der Waals surface area contributed by atoms with Crippen LogP contribution in [0.2, 0.25) is 0 Å². The number of hydrogen-bond donors (Lipinski definition) is 1. The van der Waals surface area contributed by atoms with Gasteiger partial charge < -0.3 is 10.0 Å². The summed E-state index contributed by atoms with van der Waals surface area (Å²) < 4.78 is 28.6. The van der Waals surface area contributed by atoms with Crippen LogP contribution in [-0.2, 0) is 0 Å². The summed E-state index contributed by atoms with van der Waals surface area (Å²) in [7, 11) is 3.74. The maximum absolute atomic E-state index is 14.3. The van der Waals surface area contributed by atoms with Gasteiger partial charge in [0.2, 0.25) is 0 Å². The summed E-state index contributed by atoms with van der Waals surface area (Å²) in [6, 6.07) is 2.52. The van der Waals surface area contributed by atoms with Crippen LogP contribution in [-0.4, -0.2) is 29.6 Å². The smallest absolute Gasteiger partial charge is 0.146 e. The van der Waals surface area contributed by atoms with Crippen molar-refractivity contribution >= 4 is 15.9 Å². The molecule has 3 atom stereocenters. The highest BCUT2D eigenvalue weighted by Crippen LogP contribution is 2.45. The topological polar surface area (TPSA) is 23.5 Å². The number of hydrogen-bond acceptors (Lipinski definition) is 2. The molecule has 21 heavy (non-hydrogen) atoms. The highest BCUT2D eigenvalue weighted by molar-refractivity contribution is 9.10. The largest absolute Gasteiger partial charge is 0.386 e. The fourth-order valence-corrected chi connectivity index (χ4v) is 3.87. The Kier molecular flexibility index (Phi) is 5.06. The summed E-state index contributed by atoms with van der Waals surface area (Å²) in [5, 5.41) is 10.8. The van der Waals surface area contributed by atoms with Gasteiger partial charge in [-0.3, -0.25) is 0 Å². The Morgan fingerprint density at radius 3 is 2.62 bits per heavy atom. The van der Waals surface area contributed by atoms with Crippen molar-refractivity contribution in [1.29, 1.82) is 0 Å². The number of rotatable bonds is 3. The molecule has 3 unspecified atom stereocenters. The van der Waals surface area contributed by atoms with Crippen molar-refractivity contribution in [3.05, 3.63) is 33.8 Å². The summed E-state index contributed by atoms with van der Waals surface area (Å²) in [5.41, 5.74) is -0.854. The minimum atomic E-state index is -1.19. The first-order valence-electron chi connectivity index (χ1n) is 7.28. The Morgan fingerprint density at radius 2 is 2.05 bits per heavy atom. The van der Waals surface area contributed by atoms with Crippen LogP contribution in [0.1, 0.15) is 44.3 Å². The van der Waals surface area contributed by atoms with Gasteiger partial charge in [0.25, 0.3) is 0 Å². The minimum absolute atomic E-state index is 0.177. The molecular weight excluding hydrogens is 340 g/mol. The Hall–Kier alpha value is -0.520. The molecular formula is C16H22BrF2NO. The van der Waals surface area contributed by atoms with E-state index < -0.39 is 23.3 Å². The molecule has 0 radical (unpaired) electrons. The van der Waals surface area contributed by atoms with Crippen LogP contribution in [0.4, 0.5) is 8.78 Å². The molecule has 1 aromatic carbocycles. The molecule has 0 heterocycles. The van der Waals surface area contributed by atoms with Gasteiger partial charge in [-0.2, -0.15) is 0 Å². The second kappa shape index (κ2) is 6.31. The number of benzene rings is 1. The Labute approximate surface area is 133 Å². The lowest BCUT2D eigenvalue weighted by molar-refractivity contribution is -0.0482. The average Bonchev–Trinajstić information content (AvgIpc) is 2.43. The molecule has 0 bridgehead atoms. The molecule has 0 saturated heterocycles. The molecule has 2 rings (SSSR count). The van der Waals surface area contributed by atoms with Gasteiger partial charge in [-0.15, -0.1) is 0 Å². The van der Waals surface area contributed by atoms with E-state index in [0.29, 0.717) is 5.92 Å². The molecule has 1 N–H and O–H groups in total. The van der Waals surface area contributed by atoms with Gasteiger partial charge in [-0.1, -0.05) is 19.8 Å². The summed E-state index contributed by atoms with van der Waals surface area (Å²) in [4.78, 5) is 1.92. The van der Waals surface area contributed by atoms with E-state index in [1.807, 2.05) is 19.0 Å². The van der Waals surface area contributed by atoms with E-state index in [9.17, 15) is 13.9 Å². The second-order valence-electron chi connectivity index (χ2n) is 6.36. The molecule has 2 nitrogen and oxygen atoms in total. The number of aliphatic hydroxyl groups excluding tert-OH is 1. The van der Waals surface area contributed by atoms with Crippen molar-refractivity contribution in [3.8, 4) is 0 Å². The van der Waals surface area contributed by atoms with Crippen LogP contribution in [0.15, 0.2) is 16.6 Å². The van der Waals surface area contributed by atoms with Crippen LogP contribution in [0.3, 0.4) is 0 Å². The van der Waals surface area contributed by atoms with Gasteiger partial charge in [-0.25, -0.2) is 8.78 Å². The van der Waals surface area contributed by atoms with E-state index in [4.69, 9.17) is 0 Å². The number of aliphatic hydroxyl groups is 1. The first-order valence-corrected chi connectivity index (χ1v) is 8.08. The van der Waals surface area contributed by atoms with E-state index in [1.54, 1.807) is 0 Å². The van der Waals surface area contributed by atoms with Crippen molar-refractivity contribution in [1.82, 2.24) is 4.90 Å². The first kappa shape index (κ1) is 16.8. The molecule has 0 aliphatic heterocycles. The monoisotopic (exact) mass is 361 g/mol. The van der Waals surface area contributed by atoms with Crippen molar-refractivity contribution in [2.45, 2.75) is 44.2 Å². The summed E-state index contributed by atoms with van der Waals surface area (Å²) in [6.07, 6.45) is 2.32. The van der Waals surface area contributed by atoms with Crippen LogP contribution < -0.4 is 0 Å². The summed E-state index contributed by atoms with van der Waals surface area (Å²) in [6.45, 7) is 2.12. The van der Waals surface area contributed by atoms with Crippen LogP contribution in [0, 0.1) is 17.6 Å². The molecule has 5 heteroatoms. The fraction of sp³-hybridized carbons (Fsp3) is 0.625. The maximum Gasteiger partial charge on any atom is 0.146 e. The van der Waals surface area contributed by atoms with Gasteiger partial charge in [0.05, 0.1) is 15.6 Å². The van der Waals surface area contributed by atoms with Gasteiger partial charge >= 0.3 is 0 Å². The first-order chi connectivity index (χ1) is 9.79. The van der Waals surface area contributed by atoms with Gasteiger partial charge in [0.1, 0.15) is 17.7 Å². The third kappa shape index (κ3) is 3.01. The van der Waals surface area contributed by atoms with Crippen molar-refractivity contribution < 1.29 is 13.9 Å². The third-order valence-corrected chi connectivity index (χ3v) is 5.37. The van der Waals surface area contributed by atoms with Crippen molar-refractivity contribution in [2.75, 3.05) is 14.1 Å². The second-order valence-corrected chi connectivity index (χ2v) is 7.21. The fourth-order valence-electron chi connectivity index (χ4n) is 3.53. The van der Waals surface area contributed by atoms with E-state index in [-0.39, 0.29) is 10.0 Å². The lowest BCUT2D eigenvalue weighted by Gasteiger charge is -2.48. The lowest BCUT2D eigenvalue weighted by Crippen LogP contribution is -2.52. The quantitative estimate of drug-likeness (QED) is 0.812. The Morgan fingerprint density at radius 1 is 1.38 bits per heavy atom. The average molecular weight is 362 g/mol. The van der Waals surface area contributed by atoms with Crippen molar-refractivity contribution in [3.63, 3.8) is 0 Å². The standard InChI is InChI=1S/C16H22BrF2NO/c1-10-5-4-8-16(9-10,20(2)3)15(21)13-12(18)7-6-11(17)14(13)19/h6-7,10,15,21H,4-5,8-9H2,1-3H3. The van der Waals surface area contributed by atoms with Gasteiger partial charge in [0.15, 0.2) is 0 Å². The number of nitrogens with zero attached hydrogens (tertiary/aromatic N) is 1. The summed E-state index contributed by atoms with van der Waals surface area (Å²) >= 11 is 3.07. The van der Waals surface area contributed by atoms with Crippen LogP contribution >= 0.6 is 15.9 Å². The maximum atomic E-state index is 14.3. The molecule has 0 amide bonds. The predicted octanol–water partition coefficient (Wildman–Crippen LogP) is 4.27. The van der Waals surface area contributed by atoms with E-state index in [0.717, 1.165) is 25.7 Å². The van der Waals surface area contributed by atoms with Crippen LogP contribution in [0.5, 0.6) is 0 Å². The molecule has 118 valence electrons. The molecule has 1 aliphatic rings.